The van der Waals surface area contributed by atoms with Gasteiger partial charge in [-0.15, -0.1) is 0 Å². The third-order valence-corrected chi connectivity index (χ3v) is 4.54. The smallest absolute Gasteiger partial charge is 0.251 e. The van der Waals surface area contributed by atoms with Crippen molar-refractivity contribution in [2.75, 3.05) is 13.1 Å². The minimum Gasteiger partial charge on any atom is -0.350 e. The molecule has 2 amide bonds. The first kappa shape index (κ1) is 18.9. The number of benzene rings is 2. The van der Waals surface area contributed by atoms with Crippen LogP contribution >= 0.6 is 46.4 Å². The van der Waals surface area contributed by atoms with Gasteiger partial charge in [0.1, 0.15) is 0 Å². The molecule has 0 aliphatic rings. The molecule has 0 radical (unpaired) electrons. The normalized spacial score (nSPS) is 10.3. The minimum absolute atomic E-state index is 0.256. The largest absolute Gasteiger partial charge is 0.350 e. The molecule has 0 bridgehead atoms. The summed E-state index contributed by atoms with van der Waals surface area (Å²) in [4.78, 5) is 23.9. The second kappa shape index (κ2) is 8.58. The topological polar surface area (TPSA) is 58.2 Å². The van der Waals surface area contributed by atoms with Crippen LogP contribution in [0, 0.1) is 0 Å². The van der Waals surface area contributed by atoms with Gasteiger partial charge in [-0.3, -0.25) is 9.59 Å². The minimum atomic E-state index is -0.308. The van der Waals surface area contributed by atoms with Crippen molar-refractivity contribution >= 4 is 58.2 Å². The zero-order valence-corrected chi connectivity index (χ0v) is 15.2. The Balaban J connectivity index is 1.81. The van der Waals surface area contributed by atoms with Gasteiger partial charge >= 0.3 is 0 Å². The van der Waals surface area contributed by atoms with Crippen LogP contribution in [0.2, 0.25) is 20.1 Å². The summed E-state index contributed by atoms with van der Waals surface area (Å²) in [5.74, 6) is -0.616. The first-order chi connectivity index (χ1) is 11.4. The van der Waals surface area contributed by atoms with E-state index in [1.165, 1.54) is 12.1 Å². The second-order valence-electron chi connectivity index (χ2n) is 4.77. The molecule has 0 atom stereocenters. The van der Waals surface area contributed by atoms with Crippen LogP contribution < -0.4 is 10.6 Å². The van der Waals surface area contributed by atoms with Crippen LogP contribution in [0.4, 0.5) is 0 Å². The summed E-state index contributed by atoms with van der Waals surface area (Å²) in [5.41, 5.74) is 0.778. The molecule has 2 aromatic rings. The molecular formula is C16H12Cl4N2O2. The molecule has 0 fully saturated rings. The predicted octanol–water partition coefficient (Wildman–Crippen LogP) is 4.46. The fourth-order valence-corrected chi connectivity index (χ4v) is 2.43. The summed E-state index contributed by atoms with van der Waals surface area (Å²) in [7, 11) is 0. The molecule has 2 aromatic carbocycles. The summed E-state index contributed by atoms with van der Waals surface area (Å²) < 4.78 is 0. The van der Waals surface area contributed by atoms with Crippen LogP contribution in [-0.2, 0) is 0 Å². The van der Waals surface area contributed by atoms with E-state index in [0.717, 1.165) is 0 Å². The van der Waals surface area contributed by atoms with Crippen molar-refractivity contribution in [3.8, 4) is 0 Å². The van der Waals surface area contributed by atoms with Crippen molar-refractivity contribution < 1.29 is 9.59 Å². The van der Waals surface area contributed by atoms with Gasteiger partial charge in [-0.2, -0.15) is 0 Å². The molecule has 0 saturated carbocycles. The van der Waals surface area contributed by atoms with E-state index < -0.39 is 0 Å². The Hall–Kier alpha value is -1.46. The molecule has 4 nitrogen and oxygen atoms in total. The third-order valence-electron chi connectivity index (χ3n) is 3.06. The van der Waals surface area contributed by atoms with Crippen LogP contribution in [0.5, 0.6) is 0 Å². The first-order valence-corrected chi connectivity index (χ1v) is 8.36. The van der Waals surface area contributed by atoms with Crippen molar-refractivity contribution in [3.63, 3.8) is 0 Å². The van der Waals surface area contributed by atoms with E-state index in [4.69, 9.17) is 46.4 Å². The van der Waals surface area contributed by atoms with Gasteiger partial charge in [0.15, 0.2) is 0 Å². The van der Waals surface area contributed by atoms with E-state index in [-0.39, 0.29) is 24.9 Å². The standard InChI is InChI=1S/C16H12Cl4N2O2/c17-11-3-1-9(7-13(11)19)15(23)21-5-6-22-16(24)10-2-4-12(18)14(20)8-10/h1-4,7-8H,5-6H2,(H,21,23)(H,22,24). The van der Waals surface area contributed by atoms with E-state index in [1.807, 2.05) is 0 Å². The summed E-state index contributed by atoms with van der Waals surface area (Å²) in [5, 5.41) is 6.70. The van der Waals surface area contributed by atoms with E-state index in [1.54, 1.807) is 24.3 Å². The Morgan fingerprint density at radius 3 is 1.38 bits per heavy atom. The highest BCUT2D eigenvalue weighted by molar-refractivity contribution is 6.42. The maximum Gasteiger partial charge on any atom is 0.251 e. The van der Waals surface area contributed by atoms with Crippen molar-refractivity contribution in [2.45, 2.75) is 0 Å². The zero-order chi connectivity index (χ0) is 17.7. The quantitative estimate of drug-likeness (QED) is 0.721. The Bertz CT molecular complexity index is 715. The van der Waals surface area contributed by atoms with Gasteiger partial charge in [-0.1, -0.05) is 46.4 Å². The average molecular weight is 406 g/mol. The predicted molar refractivity (Wildman–Crippen MR) is 97.6 cm³/mol. The highest BCUT2D eigenvalue weighted by Gasteiger charge is 2.09. The lowest BCUT2D eigenvalue weighted by molar-refractivity contribution is 0.0927. The maximum atomic E-state index is 11.9. The van der Waals surface area contributed by atoms with Gasteiger partial charge in [0.05, 0.1) is 20.1 Å². The number of carbonyl (C=O) groups is 2. The first-order valence-electron chi connectivity index (χ1n) is 6.85. The number of hydrogen-bond acceptors (Lipinski definition) is 2. The number of rotatable bonds is 5. The number of carbonyl (C=O) groups excluding carboxylic acids is 2. The fourth-order valence-electron chi connectivity index (χ4n) is 1.83. The monoisotopic (exact) mass is 404 g/mol. The molecule has 24 heavy (non-hydrogen) atoms. The summed E-state index contributed by atoms with van der Waals surface area (Å²) in [6.07, 6.45) is 0. The van der Waals surface area contributed by atoms with Crippen molar-refractivity contribution in [1.29, 1.82) is 0 Å². The molecule has 0 heterocycles. The number of halogens is 4. The van der Waals surface area contributed by atoms with E-state index in [2.05, 4.69) is 10.6 Å². The van der Waals surface area contributed by atoms with Gasteiger partial charge in [0.25, 0.3) is 11.8 Å². The van der Waals surface area contributed by atoms with Crippen LogP contribution in [0.15, 0.2) is 36.4 Å². The van der Waals surface area contributed by atoms with Crippen molar-refractivity contribution in [2.24, 2.45) is 0 Å². The summed E-state index contributed by atoms with van der Waals surface area (Å²) >= 11 is 23.3. The lowest BCUT2D eigenvalue weighted by atomic mass is 10.2. The van der Waals surface area contributed by atoms with E-state index in [0.29, 0.717) is 31.2 Å². The molecule has 2 N–H and O–H groups in total. The fraction of sp³-hybridized carbons (Fsp3) is 0.125. The number of hydrogen-bond donors (Lipinski definition) is 2. The van der Waals surface area contributed by atoms with Gasteiger partial charge in [-0.05, 0) is 36.4 Å². The Morgan fingerprint density at radius 2 is 1.04 bits per heavy atom. The summed E-state index contributed by atoms with van der Waals surface area (Å²) in [6.45, 7) is 0.512. The number of amides is 2. The van der Waals surface area contributed by atoms with E-state index >= 15 is 0 Å². The van der Waals surface area contributed by atoms with Crippen LogP contribution in [0.3, 0.4) is 0 Å². The maximum absolute atomic E-state index is 11.9. The highest BCUT2D eigenvalue weighted by Crippen LogP contribution is 2.23. The van der Waals surface area contributed by atoms with Crippen molar-refractivity contribution in [1.82, 2.24) is 10.6 Å². The van der Waals surface area contributed by atoms with Crippen LogP contribution in [-0.4, -0.2) is 24.9 Å². The van der Waals surface area contributed by atoms with Gasteiger partial charge in [0, 0.05) is 24.2 Å². The molecule has 0 unspecified atom stereocenters. The molecule has 126 valence electrons. The van der Waals surface area contributed by atoms with E-state index in [9.17, 15) is 9.59 Å². The van der Waals surface area contributed by atoms with Crippen LogP contribution in [0.25, 0.3) is 0 Å². The molecule has 0 aliphatic carbocycles. The van der Waals surface area contributed by atoms with Gasteiger partial charge in [0.2, 0.25) is 0 Å². The molecule has 8 heteroatoms. The zero-order valence-electron chi connectivity index (χ0n) is 12.2. The molecule has 0 saturated heterocycles. The highest BCUT2D eigenvalue weighted by atomic mass is 35.5. The molecule has 0 aromatic heterocycles. The van der Waals surface area contributed by atoms with Gasteiger partial charge in [-0.25, -0.2) is 0 Å². The SMILES string of the molecule is O=C(NCCNC(=O)c1ccc(Cl)c(Cl)c1)c1ccc(Cl)c(Cl)c1. The Labute approximate surface area is 159 Å². The molecular weight excluding hydrogens is 394 g/mol. The average Bonchev–Trinajstić information content (AvgIpc) is 2.56. The number of nitrogens with one attached hydrogen (secondary N) is 2. The van der Waals surface area contributed by atoms with Crippen molar-refractivity contribution in [3.05, 3.63) is 67.6 Å². The van der Waals surface area contributed by atoms with Gasteiger partial charge < -0.3 is 10.6 Å². The lowest BCUT2D eigenvalue weighted by Crippen LogP contribution is -2.34. The molecule has 2 rings (SSSR count). The molecule has 0 spiro atoms. The Kier molecular flexibility index (Phi) is 6.75. The summed E-state index contributed by atoms with van der Waals surface area (Å²) in [6, 6.07) is 9.19. The van der Waals surface area contributed by atoms with Crippen LogP contribution in [0.1, 0.15) is 20.7 Å². The molecule has 0 aliphatic heterocycles. The lowest BCUT2D eigenvalue weighted by Gasteiger charge is -2.08. The Morgan fingerprint density at radius 1 is 0.667 bits per heavy atom. The third kappa shape index (κ3) is 5.02. The second-order valence-corrected chi connectivity index (χ2v) is 6.40.